The smallest absolute Gasteiger partial charge is 0.310 e. The van der Waals surface area contributed by atoms with Crippen LogP contribution in [-0.2, 0) is 0 Å². The highest BCUT2D eigenvalue weighted by atomic mass is 32.1. The number of hydrogen-bond acceptors (Lipinski definition) is 7. The quantitative estimate of drug-likeness (QED) is 0.574. The summed E-state index contributed by atoms with van der Waals surface area (Å²) in [4.78, 5) is 35.7. The number of nitrogens with one attached hydrogen (secondary N) is 1. The van der Waals surface area contributed by atoms with Crippen molar-refractivity contribution in [1.82, 2.24) is 4.98 Å². The monoisotopic (exact) mass is 321 g/mol. The van der Waals surface area contributed by atoms with Gasteiger partial charge in [0.05, 0.1) is 7.11 Å². The van der Waals surface area contributed by atoms with Crippen molar-refractivity contribution in [3.05, 3.63) is 55.4 Å². The topological polar surface area (TPSA) is 117 Å². The molecule has 0 radical (unpaired) electrons. The molecule has 0 saturated carbocycles. The summed E-state index contributed by atoms with van der Waals surface area (Å²) in [6.45, 7) is 0. The fraction of sp³-hybridized carbons (Fsp3) is 0.0714. The second kappa shape index (κ2) is 6.27. The highest BCUT2D eigenvalue weighted by Gasteiger charge is 2.15. The molecular weight excluding hydrogens is 310 g/mol. The Kier molecular flexibility index (Phi) is 4.42. The minimum absolute atomic E-state index is 0.0482. The summed E-state index contributed by atoms with van der Waals surface area (Å²) in [5, 5.41) is 18.4. The van der Waals surface area contributed by atoms with Gasteiger partial charge in [0, 0.05) is 0 Å². The maximum atomic E-state index is 11.9. The predicted molar refractivity (Wildman–Crippen MR) is 80.9 cm³/mol. The van der Waals surface area contributed by atoms with Crippen LogP contribution < -0.4 is 15.2 Å². The third-order valence-electron chi connectivity index (χ3n) is 2.72. The number of hydrogen-bond donors (Lipinski definition) is 3. The third kappa shape index (κ3) is 3.23. The third-order valence-corrected chi connectivity index (χ3v) is 3.41. The molecule has 0 spiro atoms. The van der Waals surface area contributed by atoms with Gasteiger partial charge in [0.1, 0.15) is 5.56 Å². The highest BCUT2D eigenvalue weighted by Crippen LogP contribution is 2.26. The van der Waals surface area contributed by atoms with Gasteiger partial charge in [-0.15, -0.1) is 0 Å². The fourth-order valence-electron chi connectivity index (χ4n) is 1.69. The molecule has 0 aliphatic rings. The van der Waals surface area contributed by atoms with Crippen LogP contribution in [0.15, 0.2) is 33.9 Å². The number of aromatic nitrogens is 1. The van der Waals surface area contributed by atoms with Gasteiger partial charge in [-0.05, 0) is 35.1 Å². The van der Waals surface area contributed by atoms with Crippen molar-refractivity contribution in [1.29, 1.82) is 0 Å². The Labute approximate surface area is 127 Å². The van der Waals surface area contributed by atoms with Crippen LogP contribution in [0.1, 0.15) is 15.9 Å². The highest BCUT2D eigenvalue weighted by molar-refractivity contribution is 7.11. The minimum Gasteiger partial charge on any atom is -0.504 e. The van der Waals surface area contributed by atoms with Gasteiger partial charge in [0.15, 0.2) is 22.3 Å². The lowest BCUT2D eigenvalue weighted by molar-refractivity contribution is 0.104. The summed E-state index contributed by atoms with van der Waals surface area (Å²) < 4.78 is 4.93. The van der Waals surface area contributed by atoms with E-state index in [4.69, 9.17) is 4.74 Å². The summed E-state index contributed by atoms with van der Waals surface area (Å²) in [5.74, 6) is -0.567. The van der Waals surface area contributed by atoms with Gasteiger partial charge in [0.25, 0.3) is 5.56 Å². The van der Waals surface area contributed by atoms with Crippen molar-refractivity contribution in [2.24, 2.45) is 0 Å². The zero-order chi connectivity index (χ0) is 16.3. The predicted octanol–water partition coefficient (Wildman–Crippen LogP) is 1.11. The number of carbonyl (C=O) groups excluding carboxylic acids is 1. The Hall–Kier alpha value is -2.87. The average molecular weight is 321 g/mol. The zero-order valence-electron chi connectivity index (χ0n) is 11.3. The van der Waals surface area contributed by atoms with E-state index in [1.165, 1.54) is 31.4 Å². The molecule has 22 heavy (non-hydrogen) atoms. The molecule has 3 N–H and O–H groups in total. The first-order valence-corrected chi connectivity index (χ1v) is 6.80. The summed E-state index contributed by atoms with van der Waals surface area (Å²) in [6, 6.07) is 4.42. The van der Waals surface area contributed by atoms with E-state index in [9.17, 15) is 24.6 Å². The van der Waals surface area contributed by atoms with Crippen molar-refractivity contribution in [2.75, 3.05) is 7.11 Å². The number of ketones is 1. The lowest BCUT2D eigenvalue weighted by atomic mass is 10.1. The number of rotatable bonds is 4. The van der Waals surface area contributed by atoms with Gasteiger partial charge in [-0.2, -0.15) is 0 Å². The normalized spacial score (nSPS) is 10.8. The van der Waals surface area contributed by atoms with Crippen LogP contribution in [0, 0.1) is 0 Å². The van der Waals surface area contributed by atoms with Gasteiger partial charge in [-0.1, -0.05) is 12.1 Å². The molecule has 1 aromatic carbocycles. The Bertz CT molecular complexity index is 864. The number of benzene rings is 1. The molecule has 0 atom stereocenters. The molecule has 2 aromatic rings. The van der Waals surface area contributed by atoms with Crippen molar-refractivity contribution < 1.29 is 19.7 Å². The number of phenols is 1. The van der Waals surface area contributed by atoms with Crippen LogP contribution >= 0.6 is 11.3 Å². The van der Waals surface area contributed by atoms with E-state index in [0.29, 0.717) is 16.9 Å². The summed E-state index contributed by atoms with van der Waals surface area (Å²) in [7, 11) is 1.39. The van der Waals surface area contributed by atoms with E-state index in [-0.39, 0.29) is 11.5 Å². The number of methoxy groups -OCH3 is 1. The standard InChI is InChI=1S/C14H11NO6S/c1-21-10-6-7(2-4-8(10)16)3-5-9(17)11-12(18)15-14(20)22-13(11)19/h2-6,16,19H,1H3,(H,15,18,20)/b5-3+. The molecule has 0 unspecified atom stereocenters. The number of H-pyrrole nitrogens is 1. The minimum atomic E-state index is -0.945. The van der Waals surface area contributed by atoms with E-state index in [0.717, 1.165) is 6.08 Å². The summed E-state index contributed by atoms with van der Waals surface area (Å²) >= 11 is 0.368. The van der Waals surface area contributed by atoms with Gasteiger partial charge in [-0.3, -0.25) is 19.4 Å². The lowest BCUT2D eigenvalue weighted by Gasteiger charge is -2.03. The van der Waals surface area contributed by atoms with E-state index in [2.05, 4.69) is 0 Å². The number of aromatic amines is 1. The van der Waals surface area contributed by atoms with Crippen molar-refractivity contribution >= 4 is 23.2 Å². The van der Waals surface area contributed by atoms with Crippen LogP contribution in [0.5, 0.6) is 16.6 Å². The zero-order valence-corrected chi connectivity index (χ0v) is 12.1. The van der Waals surface area contributed by atoms with Crippen molar-refractivity contribution in [2.45, 2.75) is 0 Å². The van der Waals surface area contributed by atoms with Crippen molar-refractivity contribution in [3.8, 4) is 16.6 Å². The summed E-state index contributed by atoms with van der Waals surface area (Å²) in [5.41, 5.74) is -0.895. The van der Waals surface area contributed by atoms with Crippen LogP contribution in [0.2, 0.25) is 0 Å². The number of carbonyl (C=O) groups is 1. The molecule has 2 rings (SSSR count). The van der Waals surface area contributed by atoms with Crippen LogP contribution in [0.4, 0.5) is 0 Å². The average Bonchev–Trinajstić information content (AvgIpc) is 2.45. The Balaban J connectivity index is 2.33. The Morgan fingerprint density at radius 2 is 2.05 bits per heavy atom. The van der Waals surface area contributed by atoms with Gasteiger partial charge in [0.2, 0.25) is 0 Å². The number of phenolic OH excluding ortho intramolecular Hbond substituents is 1. The fourth-order valence-corrected chi connectivity index (χ4v) is 2.30. The molecule has 7 nitrogen and oxygen atoms in total. The maximum Gasteiger partial charge on any atom is 0.310 e. The molecule has 0 fully saturated rings. The first kappa shape index (κ1) is 15.5. The maximum absolute atomic E-state index is 11.9. The summed E-state index contributed by atoms with van der Waals surface area (Å²) in [6.07, 6.45) is 2.46. The SMILES string of the molecule is COc1cc(/C=C/C(=O)c2c(O)sc(=O)[nH]c2=O)ccc1O. The lowest BCUT2D eigenvalue weighted by Crippen LogP contribution is -2.22. The largest absolute Gasteiger partial charge is 0.504 e. The van der Waals surface area contributed by atoms with Gasteiger partial charge < -0.3 is 14.9 Å². The van der Waals surface area contributed by atoms with E-state index >= 15 is 0 Å². The Morgan fingerprint density at radius 1 is 1.32 bits per heavy atom. The molecule has 0 amide bonds. The molecule has 8 heteroatoms. The van der Waals surface area contributed by atoms with E-state index in [1.54, 1.807) is 0 Å². The second-order valence-electron chi connectivity index (χ2n) is 4.15. The molecule has 0 bridgehead atoms. The molecule has 0 saturated heterocycles. The van der Waals surface area contributed by atoms with Crippen LogP contribution in [0.25, 0.3) is 6.08 Å². The van der Waals surface area contributed by atoms with Crippen LogP contribution in [0.3, 0.4) is 0 Å². The molecule has 1 heterocycles. The van der Waals surface area contributed by atoms with Crippen LogP contribution in [-0.4, -0.2) is 28.1 Å². The molecule has 0 aliphatic heterocycles. The second-order valence-corrected chi connectivity index (χ2v) is 5.11. The van der Waals surface area contributed by atoms with Crippen molar-refractivity contribution in [3.63, 3.8) is 0 Å². The number of ether oxygens (including phenoxy) is 1. The first-order valence-electron chi connectivity index (χ1n) is 5.98. The first-order chi connectivity index (χ1) is 10.4. The Morgan fingerprint density at radius 3 is 2.68 bits per heavy atom. The van der Waals surface area contributed by atoms with E-state index < -0.39 is 26.8 Å². The molecule has 1 aromatic heterocycles. The number of allylic oxidation sites excluding steroid dienone is 1. The molecule has 114 valence electrons. The number of aromatic hydroxyl groups is 2. The molecular formula is C14H11NO6S. The van der Waals surface area contributed by atoms with Gasteiger partial charge >= 0.3 is 4.87 Å². The van der Waals surface area contributed by atoms with E-state index in [1.807, 2.05) is 4.98 Å². The van der Waals surface area contributed by atoms with Gasteiger partial charge in [-0.25, -0.2) is 0 Å². The molecule has 0 aliphatic carbocycles.